The van der Waals surface area contributed by atoms with Crippen LogP contribution in [0.2, 0.25) is 0 Å². The molecule has 0 aliphatic heterocycles. The van der Waals surface area contributed by atoms with Crippen LogP contribution in [-0.2, 0) is 0 Å². The van der Waals surface area contributed by atoms with Gasteiger partial charge in [0.1, 0.15) is 11.4 Å². The molecular formula is C9H11N4O2+. The predicted octanol–water partition coefficient (Wildman–Crippen LogP) is 0.149. The van der Waals surface area contributed by atoms with E-state index in [1.54, 1.807) is 42.5 Å². The minimum absolute atomic E-state index is 0.219. The molecule has 0 saturated heterocycles. The maximum Gasteiger partial charge on any atom is 0.296 e. The number of phenols is 1. The molecule has 3 N–H and O–H groups in total. The minimum atomic E-state index is 0.219. The van der Waals surface area contributed by atoms with Gasteiger partial charge in [0.15, 0.2) is 0 Å². The first kappa shape index (κ1) is 9.32. The molecular weight excluding hydrogens is 196 g/mol. The molecule has 1 aromatic heterocycles. The highest BCUT2D eigenvalue weighted by Crippen LogP contribution is 2.15. The van der Waals surface area contributed by atoms with Gasteiger partial charge in [-0.2, -0.15) is 0 Å². The van der Waals surface area contributed by atoms with Gasteiger partial charge >= 0.3 is 0 Å². The van der Waals surface area contributed by atoms with E-state index >= 15 is 0 Å². The highest BCUT2D eigenvalue weighted by atomic mass is 16.5. The predicted molar refractivity (Wildman–Crippen MR) is 53.0 cm³/mol. The molecule has 6 nitrogen and oxygen atoms in total. The maximum absolute atomic E-state index is 9.13. The number of benzene rings is 1. The van der Waals surface area contributed by atoms with Gasteiger partial charge in [-0.1, -0.05) is 0 Å². The second kappa shape index (κ2) is 3.49. The van der Waals surface area contributed by atoms with E-state index in [1.807, 2.05) is 0 Å². The van der Waals surface area contributed by atoms with Crippen molar-refractivity contribution in [1.29, 1.82) is 0 Å². The molecule has 0 radical (unpaired) electrons. The molecule has 0 amide bonds. The summed E-state index contributed by atoms with van der Waals surface area (Å²) in [5.41, 5.74) is 6.25. The Morgan fingerprint density at radius 3 is 2.60 bits per heavy atom. The van der Waals surface area contributed by atoms with Crippen molar-refractivity contribution in [2.75, 3.05) is 17.8 Å². The zero-order chi connectivity index (χ0) is 10.8. The Bertz CT molecular complexity index is 451. The number of hydrogen-bond acceptors (Lipinski definition) is 5. The zero-order valence-corrected chi connectivity index (χ0v) is 8.16. The normalized spacial score (nSPS) is 10.2. The van der Waals surface area contributed by atoms with E-state index in [2.05, 4.69) is 5.27 Å². The molecule has 0 fully saturated rings. The summed E-state index contributed by atoms with van der Waals surface area (Å²) in [6.45, 7) is 0. The van der Waals surface area contributed by atoms with Gasteiger partial charge in [-0.15, -0.1) is 5.01 Å². The lowest BCUT2D eigenvalue weighted by atomic mass is 10.3. The van der Waals surface area contributed by atoms with Crippen LogP contribution in [0.4, 0.5) is 11.6 Å². The zero-order valence-electron chi connectivity index (χ0n) is 8.16. The topological polar surface area (TPSA) is 79.4 Å². The van der Waals surface area contributed by atoms with Crippen LogP contribution in [0.1, 0.15) is 0 Å². The summed E-state index contributed by atoms with van der Waals surface area (Å²) in [5, 5.41) is 14.5. The van der Waals surface area contributed by atoms with Crippen LogP contribution in [0.25, 0.3) is 0 Å². The Kier molecular flexibility index (Phi) is 2.17. The van der Waals surface area contributed by atoms with Crippen LogP contribution >= 0.6 is 0 Å². The molecule has 0 aliphatic carbocycles. The molecule has 78 valence electrons. The van der Waals surface area contributed by atoms with Gasteiger partial charge in [0.25, 0.3) is 12.1 Å². The van der Waals surface area contributed by atoms with Crippen molar-refractivity contribution in [3.63, 3.8) is 0 Å². The van der Waals surface area contributed by atoms with E-state index in [1.165, 1.54) is 4.79 Å². The van der Waals surface area contributed by atoms with Gasteiger partial charge in [-0.25, -0.2) is 0 Å². The largest absolute Gasteiger partial charge is 0.508 e. The van der Waals surface area contributed by atoms with Crippen LogP contribution in [0, 0.1) is 0 Å². The van der Waals surface area contributed by atoms with E-state index in [4.69, 9.17) is 15.4 Å². The second-order valence-corrected chi connectivity index (χ2v) is 3.06. The Morgan fingerprint density at radius 1 is 1.40 bits per heavy atom. The molecule has 1 aromatic carbocycles. The summed E-state index contributed by atoms with van der Waals surface area (Å²) in [6.07, 6.45) is 1.55. The van der Waals surface area contributed by atoms with Gasteiger partial charge in [0.05, 0.1) is 11.8 Å². The van der Waals surface area contributed by atoms with Gasteiger partial charge in [0, 0.05) is 0 Å². The number of phenolic OH excluding ortho intramolecular Hbond substituents is 1. The molecule has 0 saturated carbocycles. The van der Waals surface area contributed by atoms with E-state index in [9.17, 15) is 0 Å². The van der Waals surface area contributed by atoms with Crippen molar-refractivity contribution in [2.24, 2.45) is 0 Å². The number of aromatic hydroxyl groups is 1. The lowest BCUT2D eigenvalue weighted by Gasteiger charge is -2.06. The fourth-order valence-corrected chi connectivity index (χ4v) is 1.18. The first-order valence-electron chi connectivity index (χ1n) is 4.34. The second-order valence-electron chi connectivity index (χ2n) is 3.06. The molecule has 0 bridgehead atoms. The van der Waals surface area contributed by atoms with Crippen LogP contribution < -0.4 is 15.5 Å². The van der Waals surface area contributed by atoms with Crippen molar-refractivity contribution < 1.29 is 14.4 Å². The van der Waals surface area contributed by atoms with Gasteiger partial charge < -0.3 is 10.8 Å². The number of anilines is 2. The fraction of sp³-hybridized carbons (Fsp3) is 0.111. The smallest absolute Gasteiger partial charge is 0.296 e. The SMILES string of the molecule is CN(c1ccc(O)cc1)[n+]1cc(N)on1. The minimum Gasteiger partial charge on any atom is -0.508 e. The highest BCUT2D eigenvalue weighted by Gasteiger charge is 2.16. The first-order valence-corrected chi connectivity index (χ1v) is 4.34. The summed E-state index contributed by atoms with van der Waals surface area (Å²) >= 11 is 0. The highest BCUT2D eigenvalue weighted by molar-refractivity contribution is 5.45. The average Bonchev–Trinajstić information content (AvgIpc) is 2.65. The molecule has 0 unspecified atom stereocenters. The van der Waals surface area contributed by atoms with Crippen molar-refractivity contribution in [2.45, 2.75) is 0 Å². The van der Waals surface area contributed by atoms with Crippen LogP contribution in [0.3, 0.4) is 0 Å². The third-order valence-electron chi connectivity index (χ3n) is 2.00. The molecule has 0 aliphatic rings. The van der Waals surface area contributed by atoms with Crippen LogP contribution in [0.5, 0.6) is 5.75 Å². The Balaban J connectivity index is 2.28. The van der Waals surface area contributed by atoms with Crippen molar-refractivity contribution in [3.05, 3.63) is 30.5 Å². The lowest BCUT2D eigenvalue weighted by molar-refractivity contribution is -0.747. The molecule has 2 aromatic rings. The van der Waals surface area contributed by atoms with Crippen LogP contribution in [0.15, 0.2) is 35.0 Å². The van der Waals surface area contributed by atoms with Gasteiger partial charge in [-0.05, 0) is 24.3 Å². The summed E-state index contributed by atoms with van der Waals surface area (Å²) in [4.78, 5) is 1.46. The monoisotopic (exact) mass is 207 g/mol. The maximum atomic E-state index is 9.13. The number of hydrogen-bond donors (Lipinski definition) is 2. The fourth-order valence-electron chi connectivity index (χ4n) is 1.18. The van der Waals surface area contributed by atoms with Crippen molar-refractivity contribution in [3.8, 4) is 5.75 Å². The summed E-state index contributed by atoms with van der Waals surface area (Å²) < 4.78 is 4.73. The van der Waals surface area contributed by atoms with Gasteiger partial charge in [0.2, 0.25) is 5.27 Å². The third kappa shape index (κ3) is 1.83. The first-order chi connectivity index (χ1) is 7.16. The molecule has 1 heterocycles. The number of aromatic nitrogens is 2. The van der Waals surface area contributed by atoms with E-state index < -0.39 is 0 Å². The van der Waals surface area contributed by atoms with Crippen LogP contribution in [-0.4, -0.2) is 17.4 Å². The number of nitrogen functional groups attached to an aromatic ring is 1. The Hall–Kier alpha value is -2.24. The molecule has 6 heteroatoms. The Labute approximate surface area is 86.1 Å². The molecule has 15 heavy (non-hydrogen) atoms. The number of nitrogens with two attached hydrogens (primary N) is 1. The Morgan fingerprint density at radius 2 is 2.07 bits per heavy atom. The number of rotatable bonds is 2. The third-order valence-corrected chi connectivity index (χ3v) is 2.00. The standard InChI is InChI=1S/C9H10N4O2/c1-12(13-6-9(10)15-11-13)7-2-4-8(14)5-3-7/h2-6H,1H3,(H2-,10,11,14)/p+1. The van der Waals surface area contributed by atoms with E-state index in [0.29, 0.717) is 0 Å². The van der Waals surface area contributed by atoms with E-state index in [-0.39, 0.29) is 11.6 Å². The average molecular weight is 207 g/mol. The summed E-state index contributed by atoms with van der Waals surface area (Å²) in [6, 6.07) is 6.70. The van der Waals surface area contributed by atoms with E-state index in [0.717, 1.165) is 5.69 Å². The number of nitrogens with zero attached hydrogens (tertiary/aromatic N) is 3. The summed E-state index contributed by atoms with van der Waals surface area (Å²) in [5.74, 6) is 0.456. The van der Waals surface area contributed by atoms with Crippen molar-refractivity contribution in [1.82, 2.24) is 5.27 Å². The molecule has 0 spiro atoms. The van der Waals surface area contributed by atoms with Gasteiger partial charge in [-0.3, -0.25) is 4.52 Å². The molecule has 0 atom stereocenters. The lowest BCUT2D eigenvalue weighted by Crippen LogP contribution is -2.53. The van der Waals surface area contributed by atoms with Crippen molar-refractivity contribution >= 4 is 11.6 Å². The summed E-state index contributed by atoms with van der Waals surface area (Å²) in [7, 11) is 1.80. The molecule has 2 rings (SSSR count). The quantitative estimate of drug-likeness (QED) is 0.685.